The molecule has 1 unspecified atom stereocenters. The first-order valence-electron chi connectivity index (χ1n) is 13.8. The molecule has 0 radical (unpaired) electrons. The first-order chi connectivity index (χ1) is 19.7. The van der Waals surface area contributed by atoms with Crippen molar-refractivity contribution in [3.8, 4) is 5.88 Å². The Morgan fingerprint density at radius 1 is 1.17 bits per heavy atom. The molecule has 0 bridgehead atoms. The van der Waals surface area contributed by atoms with Gasteiger partial charge in [0.05, 0.1) is 18.8 Å². The molecule has 7 rings (SSSR count). The van der Waals surface area contributed by atoms with E-state index in [0.717, 1.165) is 0 Å². The molecule has 3 N–H and O–H groups in total. The Labute approximate surface area is 233 Å². The van der Waals surface area contributed by atoms with E-state index >= 15 is 8.78 Å². The van der Waals surface area contributed by atoms with Crippen molar-refractivity contribution in [3.05, 3.63) is 34.8 Å². The summed E-state index contributed by atoms with van der Waals surface area (Å²) in [5, 5.41) is 5.64. The summed E-state index contributed by atoms with van der Waals surface area (Å²) in [4.78, 5) is 44.0. The Morgan fingerprint density at radius 2 is 1.93 bits per heavy atom. The molecule has 216 valence electrons. The number of aromatic nitrogens is 4. The zero-order chi connectivity index (χ0) is 28.5. The maximum Gasteiger partial charge on any atom is 0.416 e. The number of carbonyl (C=O) groups excluding carboxylic acids is 2. The van der Waals surface area contributed by atoms with Gasteiger partial charge in [0.1, 0.15) is 22.5 Å². The van der Waals surface area contributed by atoms with E-state index in [1.165, 1.54) is 11.1 Å². The summed E-state index contributed by atoms with van der Waals surface area (Å²) in [6.45, 7) is 4.14. The molecule has 14 heteroatoms. The van der Waals surface area contributed by atoms with Gasteiger partial charge in [-0.05, 0) is 43.9 Å². The van der Waals surface area contributed by atoms with E-state index in [1.54, 1.807) is 7.05 Å². The van der Waals surface area contributed by atoms with Crippen LogP contribution in [0.15, 0.2) is 6.20 Å². The van der Waals surface area contributed by atoms with Crippen LogP contribution in [0.3, 0.4) is 0 Å². The normalized spacial score (nSPS) is 21.1. The number of hydrogen-bond acceptors (Lipinski definition) is 9. The molecule has 2 fully saturated rings. The highest BCUT2D eigenvalue weighted by molar-refractivity contribution is 5.94. The van der Waals surface area contributed by atoms with Gasteiger partial charge in [0.15, 0.2) is 29.9 Å². The number of nitrogens with one attached hydrogen (secondary N) is 3. The Morgan fingerprint density at radius 3 is 2.68 bits per heavy atom. The van der Waals surface area contributed by atoms with Gasteiger partial charge in [-0.3, -0.25) is 9.69 Å². The molecule has 2 amide bonds. The van der Waals surface area contributed by atoms with Gasteiger partial charge in [-0.2, -0.15) is 0 Å². The third-order valence-electron chi connectivity index (χ3n) is 8.73. The molecule has 2 atom stereocenters. The molecule has 1 spiro atoms. The lowest BCUT2D eigenvalue weighted by Gasteiger charge is -2.38. The molecule has 41 heavy (non-hydrogen) atoms. The van der Waals surface area contributed by atoms with Crippen LogP contribution in [-0.2, 0) is 22.4 Å². The number of ether oxygens (including phenoxy) is 2. The Hall–Kier alpha value is -3.91. The fourth-order valence-electron chi connectivity index (χ4n) is 6.37. The van der Waals surface area contributed by atoms with Crippen LogP contribution in [-0.4, -0.2) is 82.3 Å². The summed E-state index contributed by atoms with van der Waals surface area (Å²) in [6, 6.07) is -0.152. The standard InChI is InChI=1S/C27H30F2N8O4/c1-13(30-2)23-34-21-19(28)15-7-14(8-16(15)20(29)22(21)35-23)10-36-5-3-27(4-6-36)12-37(26(39)41-27)17-9-31-25-24(32-17)33-18(38)11-40-25/h9,13-14,30H,3-8,10-12H2,1-2H3,(H,34,35)(H,32,33,38)/t13-/m1/s1. The summed E-state index contributed by atoms with van der Waals surface area (Å²) in [5.41, 5.74) is 0.398. The molecule has 3 aromatic rings. The lowest BCUT2D eigenvalue weighted by Crippen LogP contribution is -2.48. The molecule has 1 aromatic carbocycles. The van der Waals surface area contributed by atoms with Crippen LogP contribution in [0.4, 0.5) is 25.2 Å². The van der Waals surface area contributed by atoms with E-state index < -0.39 is 23.3 Å². The number of hydrogen-bond donors (Lipinski definition) is 3. The second-order valence-electron chi connectivity index (χ2n) is 11.4. The fraction of sp³-hybridized carbons (Fsp3) is 0.519. The predicted octanol–water partition coefficient (Wildman–Crippen LogP) is 2.45. The van der Waals surface area contributed by atoms with Gasteiger partial charge >= 0.3 is 6.09 Å². The van der Waals surface area contributed by atoms with Crippen molar-refractivity contribution in [3.63, 3.8) is 0 Å². The van der Waals surface area contributed by atoms with E-state index in [2.05, 4.69) is 35.5 Å². The summed E-state index contributed by atoms with van der Waals surface area (Å²) in [5.74, 6) is 0.0715. The highest BCUT2D eigenvalue weighted by atomic mass is 19.1. The van der Waals surface area contributed by atoms with Crippen molar-refractivity contribution in [2.45, 2.75) is 44.2 Å². The number of fused-ring (bicyclic) bond motifs is 3. The van der Waals surface area contributed by atoms with E-state index in [4.69, 9.17) is 9.47 Å². The molecule has 12 nitrogen and oxygen atoms in total. The predicted molar refractivity (Wildman–Crippen MR) is 143 cm³/mol. The summed E-state index contributed by atoms with van der Waals surface area (Å²) in [7, 11) is 1.77. The minimum absolute atomic E-state index is 0.0602. The number of likely N-dealkylation sites (tertiary alicyclic amines) is 1. The molecule has 2 aromatic heterocycles. The number of carbonyl (C=O) groups is 2. The topological polar surface area (TPSA) is 138 Å². The van der Waals surface area contributed by atoms with E-state index in [1.807, 2.05) is 6.92 Å². The van der Waals surface area contributed by atoms with Gasteiger partial charge in [-0.15, -0.1) is 0 Å². The van der Waals surface area contributed by atoms with Gasteiger partial charge in [-0.25, -0.2) is 28.5 Å². The number of piperidine rings is 1. The average molecular weight is 569 g/mol. The average Bonchev–Trinajstić information content (AvgIpc) is 3.68. The largest absolute Gasteiger partial charge is 0.465 e. The van der Waals surface area contributed by atoms with Crippen molar-refractivity contribution in [2.75, 3.05) is 50.1 Å². The molecule has 1 aliphatic carbocycles. The number of benzene rings is 1. The first kappa shape index (κ1) is 26.0. The molecule has 3 aliphatic heterocycles. The number of anilines is 2. The number of rotatable bonds is 5. The summed E-state index contributed by atoms with van der Waals surface area (Å²) in [6.07, 6.45) is 3.08. The van der Waals surface area contributed by atoms with Crippen molar-refractivity contribution in [2.24, 2.45) is 5.92 Å². The number of imidazole rings is 1. The minimum Gasteiger partial charge on any atom is -0.465 e. The van der Waals surface area contributed by atoms with Gasteiger partial charge in [0.25, 0.3) is 11.8 Å². The summed E-state index contributed by atoms with van der Waals surface area (Å²) < 4.78 is 42.0. The third-order valence-corrected chi connectivity index (χ3v) is 8.73. The molecular weight excluding hydrogens is 538 g/mol. The lowest BCUT2D eigenvalue weighted by molar-refractivity contribution is -0.118. The summed E-state index contributed by atoms with van der Waals surface area (Å²) >= 11 is 0. The van der Waals surface area contributed by atoms with Crippen LogP contribution >= 0.6 is 0 Å². The van der Waals surface area contributed by atoms with Crippen LogP contribution in [0.5, 0.6) is 5.88 Å². The van der Waals surface area contributed by atoms with E-state index in [9.17, 15) is 9.59 Å². The molecule has 5 heterocycles. The van der Waals surface area contributed by atoms with Gasteiger partial charge in [-0.1, -0.05) is 0 Å². The number of nitrogens with zero attached hydrogens (tertiary/aromatic N) is 5. The zero-order valence-electron chi connectivity index (χ0n) is 22.7. The monoisotopic (exact) mass is 568 g/mol. The van der Waals surface area contributed by atoms with Crippen LogP contribution < -0.4 is 20.3 Å². The van der Waals surface area contributed by atoms with Crippen molar-refractivity contribution in [1.82, 2.24) is 30.2 Å². The highest BCUT2D eigenvalue weighted by Gasteiger charge is 2.48. The number of aromatic amines is 1. The minimum atomic E-state index is -0.658. The van der Waals surface area contributed by atoms with Crippen molar-refractivity contribution < 1.29 is 27.8 Å². The smallest absolute Gasteiger partial charge is 0.416 e. The second-order valence-corrected chi connectivity index (χ2v) is 11.4. The van der Waals surface area contributed by atoms with E-state index in [0.29, 0.717) is 68.8 Å². The van der Waals surface area contributed by atoms with Gasteiger partial charge < -0.3 is 30.0 Å². The Balaban J connectivity index is 0.998. The lowest BCUT2D eigenvalue weighted by atomic mass is 9.90. The maximum absolute atomic E-state index is 15.4. The highest BCUT2D eigenvalue weighted by Crippen LogP contribution is 2.39. The fourth-order valence-corrected chi connectivity index (χ4v) is 6.37. The quantitative estimate of drug-likeness (QED) is 0.424. The molecule has 2 saturated heterocycles. The third kappa shape index (κ3) is 4.36. The van der Waals surface area contributed by atoms with Crippen LogP contribution in [0.25, 0.3) is 11.0 Å². The molecule has 0 saturated carbocycles. The van der Waals surface area contributed by atoms with Gasteiger partial charge in [0.2, 0.25) is 0 Å². The maximum atomic E-state index is 15.4. The first-order valence-corrected chi connectivity index (χ1v) is 13.8. The SMILES string of the molecule is CN[C@H](C)c1nc2c(F)c3c(c(F)c2[nH]1)CC(CN1CCC2(CC1)CN(c1cnc4c(n1)NC(=O)CO4)C(=O)O2)C3. The zero-order valence-corrected chi connectivity index (χ0v) is 22.7. The van der Waals surface area contributed by atoms with Crippen LogP contribution in [0.2, 0.25) is 0 Å². The second kappa shape index (κ2) is 9.58. The van der Waals surface area contributed by atoms with Crippen LogP contribution in [0, 0.1) is 17.6 Å². The molecule has 4 aliphatic rings. The Kier molecular flexibility index (Phi) is 6.08. The Bertz CT molecular complexity index is 1520. The number of H-pyrrole nitrogens is 1. The van der Waals surface area contributed by atoms with Crippen molar-refractivity contribution in [1.29, 1.82) is 0 Å². The van der Waals surface area contributed by atoms with Crippen molar-refractivity contribution >= 4 is 34.7 Å². The van der Waals surface area contributed by atoms with E-state index in [-0.39, 0.29) is 53.0 Å². The number of amides is 2. The van der Waals surface area contributed by atoms with Gasteiger partial charge in [0, 0.05) is 32.5 Å². The molecular formula is C27H30F2N8O4. The number of halogens is 2. The van der Waals surface area contributed by atoms with Crippen LogP contribution in [0.1, 0.15) is 42.8 Å².